The van der Waals surface area contributed by atoms with Gasteiger partial charge in [-0.2, -0.15) is 5.26 Å². The van der Waals surface area contributed by atoms with Crippen LogP contribution in [0.2, 0.25) is 0 Å². The van der Waals surface area contributed by atoms with Crippen molar-refractivity contribution in [2.24, 2.45) is 0 Å². The molecule has 1 N–H and O–H groups in total. The van der Waals surface area contributed by atoms with Crippen LogP contribution >= 0.6 is 0 Å². The molecule has 0 radical (unpaired) electrons. The molecule has 0 saturated carbocycles. The quantitative estimate of drug-likeness (QED) is 0.762. The maximum atomic E-state index is 8.70. The fourth-order valence-corrected chi connectivity index (χ4v) is 1.30. The van der Waals surface area contributed by atoms with Crippen molar-refractivity contribution in [2.75, 3.05) is 6.54 Å². The monoisotopic (exact) mass is 174 g/mol. The summed E-state index contributed by atoms with van der Waals surface area (Å²) in [4.78, 5) is 0. The van der Waals surface area contributed by atoms with Gasteiger partial charge in [0, 0.05) is 6.04 Å². The van der Waals surface area contributed by atoms with Gasteiger partial charge in [0.2, 0.25) is 0 Å². The van der Waals surface area contributed by atoms with Crippen molar-refractivity contribution < 1.29 is 0 Å². The van der Waals surface area contributed by atoms with Crippen molar-refractivity contribution in [2.45, 2.75) is 19.9 Å². The molecule has 0 bridgehead atoms. The summed E-state index contributed by atoms with van der Waals surface area (Å²) in [6.07, 6.45) is 0. The van der Waals surface area contributed by atoms with E-state index in [9.17, 15) is 0 Å². The first-order valence-corrected chi connectivity index (χ1v) is 4.51. The normalized spacial score (nSPS) is 12.1. The van der Waals surface area contributed by atoms with Crippen molar-refractivity contribution in [3.63, 3.8) is 0 Å². The van der Waals surface area contributed by atoms with Crippen LogP contribution in [-0.2, 0) is 0 Å². The van der Waals surface area contributed by atoms with Crippen LogP contribution in [0, 0.1) is 11.3 Å². The zero-order valence-electron chi connectivity index (χ0n) is 8.04. The lowest BCUT2D eigenvalue weighted by Crippen LogP contribution is -2.17. The number of hydrogen-bond acceptors (Lipinski definition) is 2. The van der Waals surface area contributed by atoms with Crippen LogP contribution in [0.4, 0.5) is 0 Å². The molecule has 0 aliphatic carbocycles. The van der Waals surface area contributed by atoms with Crippen LogP contribution in [0.3, 0.4) is 0 Å². The molecule has 2 heteroatoms. The highest BCUT2D eigenvalue weighted by Gasteiger charge is 2.03. The Morgan fingerprint density at radius 2 is 2.31 bits per heavy atom. The molecule has 1 rings (SSSR count). The summed E-state index contributed by atoms with van der Waals surface area (Å²) in [5.41, 5.74) is 1.89. The lowest BCUT2D eigenvalue weighted by molar-refractivity contribution is 0.598. The van der Waals surface area contributed by atoms with Crippen LogP contribution in [0.5, 0.6) is 0 Å². The first-order valence-electron chi connectivity index (χ1n) is 4.51. The molecule has 2 nitrogen and oxygen atoms in total. The molecule has 0 saturated heterocycles. The minimum atomic E-state index is 0.318. The summed E-state index contributed by atoms with van der Waals surface area (Å²) in [5, 5.41) is 12.0. The Morgan fingerprint density at radius 1 is 1.54 bits per heavy atom. The fourth-order valence-electron chi connectivity index (χ4n) is 1.30. The summed E-state index contributed by atoms with van der Waals surface area (Å²) in [7, 11) is 0. The fraction of sp³-hybridized carbons (Fsp3) is 0.364. The van der Waals surface area contributed by atoms with Gasteiger partial charge in [-0.15, -0.1) is 0 Å². The minimum Gasteiger partial charge on any atom is -0.310 e. The van der Waals surface area contributed by atoms with Gasteiger partial charge >= 0.3 is 0 Å². The molecule has 0 aliphatic rings. The Balaban J connectivity index is 2.83. The Morgan fingerprint density at radius 3 is 2.92 bits per heavy atom. The van der Waals surface area contributed by atoms with Crippen molar-refractivity contribution in [3.8, 4) is 6.07 Å². The smallest absolute Gasteiger partial charge is 0.0991 e. The average Bonchev–Trinajstić information content (AvgIpc) is 2.18. The van der Waals surface area contributed by atoms with Crippen LogP contribution in [0.25, 0.3) is 0 Å². The molecule has 0 fully saturated rings. The molecule has 13 heavy (non-hydrogen) atoms. The molecule has 0 unspecified atom stereocenters. The standard InChI is InChI=1S/C11H14N2/c1-3-13-9(2)11-6-4-5-10(7-11)8-12/h4-7,9,13H,3H2,1-2H3/t9-/m1/s1. The van der Waals surface area contributed by atoms with Crippen molar-refractivity contribution in [1.82, 2.24) is 5.32 Å². The van der Waals surface area contributed by atoms with E-state index in [1.165, 1.54) is 5.56 Å². The average molecular weight is 174 g/mol. The van der Waals surface area contributed by atoms with Crippen molar-refractivity contribution in [3.05, 3.63) is 35.4 Å². The molecule has 0 aliphatic heterocycles. The first-order chi connectivity index (χ1) is 6.27. The molecule has 1 aromatic carbocycles. The van der Waals surface area contributed by atoms with Crippen molar-refractivity contribution in [1.29, 1.82) is 5.26 Å². The van der Waals surface area contributed by atoms with E-state index in [1.807, 2.05) is 24.3 Å². The number of nitrogens with zero attached hydrogens (tertiary/aromatic N) is 1. The SMILES string of the molecule is CCN[C@H](C)c1cccc(C#N)c1. The number of rotatable bonds is 3. The van der Waals surface area contributed by atoms with Gasteiger partial charge in [0.05, 0.1) is 11.6 Å². The molecule has 68 valence electrons. The molecule has 0 amide bonds. The molecule has 0 spiro atoms. The van der Waals surface area contributed by atoms with Crippen LogP contribution in [0.15, 0.2) is 24.3 Å². The lowest BCUT2D eigenvalue weighted by Gasteiger charge is -2.12. The van der Waals surface area contributed by atoms with Gasteiger partial charge in [-0.3, -0.25) is 0 Å². The molecular weight excluding hydrogens is 160 g/mol. The Bertz CT molecular complexity index is 312. The molecule has 1 aromatic rings. The maximum absolute atomic E-state index is 8.70. The van der Waals surface area contributed by atoms with Gasteiger partial charge in [0.25, 0.3) is 0 Å². The van der Waals surface area contributed by atoms with Crippen LogP contribution in [-0.4, -0.2) is 6.54 Å². The molecule has 1 atom stereocenters. The number of nitriles is 1. The zero-order chi connectivity index (χ0) is 9.68. The van der Waals surface area contributed by atoms with E-state index < -0.39 is 0 Å². The van der Waals surface area contributed by atoms with Gasteiger partial charge in [0.15, 0.2) is 0 Å². The van der Waals surface area contributed by atoms with E-state index in [0.29, 0.717) is 6.04 Å². The highest BCUT2D eigenvalue weighted by Crippen LogP contribution is 2.13. The van der Waals surface area contributed by atoms with E-state index in [-0.39, 0.29) is 0 Å². The molecule has 0 heterocycles. The van der Waals surface area contributed by atoms with Gasteiger partial charge in [-0.25, -0.2) is 0 Å². The third kappa shape index (κ3) is 2.57. The van der Waals surface area contributed by atoms with Crippen LogP contribution < -0.4 is 5.32 Å². The van der Waals surface area contributed by atoms with E-state index in [2.05, 4.69) is 25.2 Å². The van der Waals surface area contributed by atoms with Gasteiger partial charge in [-0.1, -0.05) is 19.1 Å². The van der Waals surface area contributed by atoms with Crippen molar-refractivity contribution >= 4 is 0 Å². The second-order valence-corrected chi connectivity index (χ2v) is 3.02. The topological polar surface area (TPSA) is 35.8 Å². The van der Waals surface area contributed by atoms with Gasteiger partial charge < -0.3 is 5.32 Å². The third-order valence-corrected chi connectivity index (χ3v) is 2.03. The number of nitrogens with one attached hydrogen (secondary N) is 1. The Hall–Kier alpha value is -1.33. The number of benzene rings is 1. The Kier molecular flexibility index (Phi) is 3.48. The summed E-state index contributed by atoms with van der Waals surface area (Å²) in [5.74, 6) is 0. The highest BCUT2D eigenvalue weighted by atomic mass is 14.9. The largest absolute Gasteiger partial charge is 0.310 e. The molecule has 0 aromatic heterocycles. The second kappa shape index (κ2) is 4.64. The van der Waals surface area contributed by atoms with E-state index in [1.54, 1.807) is 0 Å². The summed E-state index contributed by atoms with van der Waals surface area (Å²) >= 11 is 0. The molecular formula is C11H14N2. The first kappa shape index (κ1) is 9.76. The van der Waals surface area contributed by atoms with Gasteiger partial charge in [0.1, 0.15) is 0 Å². The summed E-state index contributed by atoms with van der Waals surface area (Å²) in [6.45, 7) is 5.11. The predicted molar refractivity (Wildman–Crippen MR) is 53.2 cm³/mol. The summed E-state index contributed by atoms with van der Waals surface area (Å²) < 4.78 is 0. The highest BCUT2D eigenvalue weighted by molar-refractivity contribution is 5.33. The van der Waals surface area contributed by atoms with E-state index in [4.69, 9.17) is 5.26 Å². The maximum Gasteiger partial charge on any atom is 0.0991 e. The lowest BCUT2D eigenvalue weighted by atomic mass is 10.1. The van der Waals surface area contributed by atoms with E-state index in [0.717, 1.165) is 12.1 Å². The van der Waals surface area contributed by atoms with E-state index >= 15 is 0 Å². The second-order valence-electron chi connectivity index (χ2n) is 3.02. The minimum absolute atomic E-state index is 0.318. The third-order valence-electron chi connectivity index (χ3n) is 2.03. The van der Waals surface area contributed by atoms with Crippen LogP contribution in [0.1, 0.15) is 31.0 Å². The Labute approximate surface area is 79.2 Å². The number of hydrogen-bond donors (Lipinski definition) is 1. The zero-order valence-corrected chi connectivity index (χ0v) is 8.04. The van der Waals surface area contributed by atoms with Gasteiger partial charge in [-0.05, 0) is 31.2 Å². The predicted octanol–water partition coefficient (Wildman–Crippen LogP) is 2.23. The summed E-state index contributed by atoms with van der Waals surface area (Å²) in [6, 6.07) is 10.2.